The molecule has 0 heterocycles. The van der Waals surface area contributed by atoms with Gasteiger partial charge in [0.25, 0.3) is 0 Å². The molecule has 2 N–H and O–H groups in total. The maximum Gasteiger partial charge on any atom is 0.317 e. The smallest absolute Gasteiger partial charge is 0.317 e. The number of aliphatic carboxylic acids is 1. The Morgan fingerprint density at radius 2 is 1.95 bits per heavy atom. The Kier molecular flexibility index (Phi) is 6.07. The van der Waals surface area contributed by atoms with Crippen molar-refractivity contribution in [3.8, 4) is 0 Å². The van der Waals surface area contributed by atoms with Gasteiger partial charge in [0.15, 0.2) is 0 Å². The number of halogens is 1. The molecular weight excluding hydrogens is 304 g/mol. The van der Waals surface area contributed by atoms with Crippen LogP contribution in [0, 0.1) is 0 Å². The number of urea groups is 1. The first-order chi connectivity index (χ1) is 10.6. The average molecular weight is 325 g/mol. The summed E-state index contributed by atoms with van der Waals surface area (Å²) >= 11 is 6.19. The Balaban J connectivity index is 2.04. The summed E-state index contributed by atoms with van der Waals surface area (Å²) in [5, 5.41) is 12.0. The maximum absolute atomic E-state index is 12.4. The minimum absolute atomic E-state index is 0.0731. The highest BCUT2D eigenvalue weighted by atomic mass is 35.5. The molecule has 0 atom stereocenters. The van der Waals surface area contributed by atoms with Crippen LogP contribution in [0.2, 0.25) is 5.02 Å². The number of amides is 2. The lowest BCUT2D eigenvalue weighted by Gasteiger charge is -2.29. The molecule has 1 aliphatic rings. The number of carboxylic acids is 1. The standard InChI is InChI=1S/C16H21ClN2O3/c17-14-8-4-1-5-12(14)11-19(13-6-2-3-7-13)16(22)18-10-9-15(20)21/h1,4-5,8,13H,2-3,6-7,9-11H2,(H,18,22)(H,20,21). The molecule has 0 spiro atoms. The summed E-state index contributed by atoms with van der Waals surface area (Å²) in [6.45, 7) is 0.586. The zero-order valence-corrected chi connectivity index (χ0v) is 13.2. The zero-order chi connectivity index (χ0) is 15.9. The third-order valence-corrected chi connectivity index (χ3v) is 4.31. The van der Waals surface area contributed by atoms with Crippen LogP contribution in [0.1, 0.15) is 37.7 Å². The first-order valence-electron chi connectivity index (χ1n) is 7.57. The number of hydrogen-bond acceptors (Lipinski definition) is 2. The SMILES string of the molecule is O=C(O)CCNC(=O)N(Cc1ccccc1Cl)C1CCCC1. The molecule has 1 aromatic rings. The van der Waals surface area contributed by atoms with Gasteiger partial charge < -0.3 is 15.3 Å². The minimum Gasteiger partial charge on any atom is -0.481 e. The van der Waals surface area contributed by atoms with Crippen LogP contribution in [0.25, 0.3) is 0 Å². The molecule has 120 valence electrons. The van der Waals surface area contributed by atoms with E-state index in [0.29, 0.717) is 11.6 Å². The van der Waals surface area contributed by atoms with Crippen molar-refractivity contribution < 1.29 is 14.7 Å². The van der Waals surface area contributed by atoms with Crippen LogP contribution in [0.5, 0.6) is 0 Å². The summed E-state index contributed by atoms with van der Waals surface area (Å²) in [7, 11) is 0. The number of benzene rings is 1. The Labute approximate surface area is 135 Å². The number of carbonyl (C=O) groups excluding carboxylic acids is 1. The van der Waals surface area contributed by atoms with Crippen LogP contribution in [-0.4, -0.2) is 34.6 Å². The normalized spacial score (nSPS) is 14.8. The minimum atomic E-state index is -0.918. The largest absolute Gasteiger partial charge is 0.481 e. The summed E-state index contributed by atoms with van der Waals surface area (Å²) in [5.74, 6) is -0.918. The summed E-state index contributed by atoms with van der Waals surface area (Å²) in [5.41, 5.74) is 0.907. The molecule has 1 aliphatic carbocycles. The lowest BCUT2D eigenvalue weighted by Crippen LogP contribution is -2.45. The van der Waals surface area contributed by atoms with Gasteiger partial charge in [-0.2, -0.15) is 0 Å². The lowest BCUT2D eigenvalue weighted by atomic mass is 10.1. The van der Waals surface area contributed by atoms with Gasteiger partial charge in [-0.05, 0) is 24.5 Å². The van der Waals surface area contributed by atoms with Crippen molar-refractivity contribution in [1.82, 2.24) is 10.2 Å². The monoisotopic (exact) mass is 324 g/mol. The molecule has 1 aromatic carbocycles. The number of carboxylic acid groups (broad SMARTS) is 1. The van der Waals surface area contributed by atoms with E-state index in [-0.39, 0.29) is 25.0 Å². The van der Waals surface area contributed by atoms with Crippen molar-refractivity contribution >= 4 is 23.6 Å². The number of rotatable bonds is 6. The molecule has 22 heavy (non-hydrogen) atoms. The third kappa shape index (κ3) is 4.63. The molecule has 0 aromatic heterocycles. The molecule has 0 aliphatic heterocycles. The van der Waals surface area contributed by atoms with Crippen LogP contribution in [-0.2, 0) is 11.3 Å². The van der Waals surface area contributed by atoms with Crippen molar-refractivity contribution in [3.63, 3.8) is 0 Å². The molecule has 6 heteroatoms. The van der Waals surface area contributed by atoms with Gasteiger partial charge in [0, 0.05) is 24.2 Å². The summed E-state index contributed by atoms with van der Waals surface area (Å²) in [4.78, 5) is 24.8. The second-order valence-electron chi connectivity index (χ2n) is 5.53. The van der Waals surface area contributed by atoms with E-state index >= 15 is 0 Å². The van der Waals surface area contributed by atoms with Gasteiger partial charge in [0.2, 0.25) is 0 Å². The van der Waals surface area contributed by atoms with Crippen molar-refractivity contribution in [3.05, 3.63) is 34.9 Å². The molecule has 0 radical (unpaired) electrons. The Bertz CT molecular complexity index is 530. The predicted octanol–water partition coefficient (Wildman–Crippen LogP) is 3.27. The molecule has 1 saturated carbocycles. The van der Waals surface area contributed by atoms with Crippen molar-refractivity contribution in [2.45, 2.75) is 44.7 Å². The fourth-order valence-corrected chi connectivity index (χ4v) is 2.97. The van der Waals surface area contributed by atoms with Crippen LogP contribution in [0.15, 0.2) is 24.3 Å². The first kappa shape index (κ1) is 16.6. The molecule has 1 fully saturated rings. The van der Waals surface area contributed by atoms with Crippen LogP contribution in [0.3, 0.4) is 0 Å². The maximum atomic E-state index is 12.4. The number of nitrogens with zero attached hydrogens (tertiary/aromatic N) is 1. The third-order valence-electron chi connectivity index (χ3n) is 3.94. The quantitative estimate of drug-likeness (QED) is 0.843. The summed E-state index contributed by atoms with van der Waals surface area (Å²) in [6.07, 6.45) is 4.13. The van der Waals surface area contributed by atoms with E-state index in [1.54, 1.807) is 4.90 Å². The molecule has 5 nitrogen and oxygen atoms in total. The van der Waals surface area contributed by atoms with E-state index in [4.69, 9.17) is 16.7 Å². The predicted molar refractivity (Wildman–Crippen MR) is 84.9 cm³/mol. The average Bonchev–Trinajstić information content (AvgIpc) is 2.99. The van der Waals surface area contributed by atoms with E-state index in [0.717, 1.165) is 31.2 Å². The Hall–Kier alpha value is -1.75. The van der Waals surface area contributed by atoms with Gasteiger partial charge in [0.05, 0.1) is 6.42 Å². The van der Waals surface area contributed by atoms with Crippen LogP contribution in [0.4, 0.5) is 4.79 Å². The van der Waals surface area contributed by atoms with E-state index in [2.05, 4.69) is 5.32 Å². The van der Waals surface area contributed by atoms with E-state index < -0.39 is 5.97 Å². The fraction of sp³-hybridized carbons (Fsp3) is 0.500. The Morgan fingerprint density at radius 1 is 1.27 bits per heavy atom. The van der Waals surface area contributed by atoms with Crippen molar-refractivity contribution in [1.29, 1.82) is 0 Å². The fourth-order valence-electron chi connectivity index (χ4n) is 2.77. The molecule has 2 rings (SSSR count). The van der Waals surface area contributed by atoms with Gasteiger partial charge in [-0.1, -0.05) is 42.6 Å². The molecule has 0 bridgehead atoms. The molecular formula is C16H21ClN2O3. The summed E-state index contributed by atoms with van der Waals surface area (Å²) < 4.78 is 0. The van der Waals surface area contributed by atoms with E-state index in [1.807, 2.05) is 24.3 Å². The van der Waals surface area contributed by atoms with Crippen molar-refractivity contribution in [2.75, 3.05) is 6.54 Å². The molecule has 0 unspecified atom stereocenters. The highest BCUT2D eigenvalue weighted by Crippen LogP contribution is 2.26. The van der Waals surface area contributed by atoms with Gasteiger partial charge in [0.1, 0.15) is 0 Å². The van der Waals surface area contributed by atoms with Crippen LogP contribution < -0.4 is 5.32 Å². The highest BCUT2D eigenvalue weighted by Gasteiger charge is 2.27. The van der Waals surface area contributed by atoms with Gasteiger partial charge in [-0.15, -0.1) is 0 Å². The zero-order valence-electron chi connectivity index (χ0n) is 12.4. The number of nitrogens with one attached hydrogen (secondary N) is 1. The molecule has 0 saturated heterocycles. The topological polar surface area (TPSA) is 69.6 Å². The van der Waals surface area contributed by atoms with E-state index in [9.17, 15) is 9.59 Å². The molecule has 2 amide bonds. The van der Waals surface area contributed by atoms with E-state index in [1.165, 1.54) is 0 Å². The van der Waals surface area contributed by atoms with Gasteiger partial charge in [-0.3, -0.25) is 4.79 Å². The first-order valence-corrected chi connectivity index (χ1v) is 7.95. The van der Waals surface area contributed by atoms with Gasteiger partial charge in [-0.25, -0.2) is 4.79 Å². The van der Waals surface area contributed by atoms with Gasteiger partial charge >= 0.3 is 12.0 Å². The second-order valence-corrected chi connectivity index (χ2v) is 5.94. The number of hydrogen-bond donors (Lipinski definition) is 2. The van der Waals surface area contributed by atoms with Crippen molar-refractivity contribution in [2.24, 2.45) is 0 Å². The lowest BCUT2D eigenvalue weighted by molar-refractivity contribution is -0.136. The number of carbonyl (C=O) groups is 2. The summed E-state index contributed by atoms with van der Waals surface area (Å²) in [6, 6.07) is 7.46. The second kappa shape index (κ2) is 8.03. The Morgan fingerprint density at radius 3 is 2.59 bits per heavy atom. The highest BCUT2D eigenvalue weighted by molar-refractivity contribution is 6.31. The van der Waals surface area contributed by atoms with Crippen LogP contribution >= 0.6 is 11.6 Å².